The molecule has 1 aliphatic carbocycles. The lowest BCUT2D eigenvalue weighted by Crippen LogP contribution is -2.15. The number of hydrogen-bond donors (Lipinski definition) is 1. The summed E-state index contributed by atoms with van der Waals surface area (Å²) in [7, 11) is 0.936. The molecule has 2 aliphatic rings. The summed E-state index contributed by atoms with van der Waals surface area (Å²) in [6.45, 7) is 1.18. The Labute approximate surface area is 109 Å². The fraction of sp³-hybridized carbons (Fsp3) is 0.500. The molecule has 1 saturated carbocycles. The minimum atomic E-state index is -0.828. The Balaban J connectivity index is 1.79. The molecule has 4 heteroatoms. The van der Waals surface area contributed by atoms with E-state index in [9.17, 15) is 4.79 Å². The summed E-state index contributed by atoms with van der Waals surface area (Å²) in [4.78, 5) is 11.0. The van der Waals surface area contributed by atoms with E-state index < -0.39 is 5.97 Å². The summed E-state index contributed by atoms with van der Waals surface area (Å²) in [5.41, 5.74) is 2.52. The highest BCUT2D eigenvalue weighted by Crippen LogP contribution is 2.48. The molecule has 0 bridgehead atoms. The molecule has 1 aliphatic heterocycles. The van der Waals surface area contributed by atoms with Crippen molar-refractivity contribution in [1.82, 2.24) is 4.67 Å². The Morgan fingerprint density at radius 2 is 2.17 bits per heavy atom. The van der Waals surface area contributed by atoms with Crippen LogP contribution in [0.15, 0.2) is 24.3 Å². The maximum Gasteiger partial charge on any atom is 0.335 e. The fourth-order valence-corrected chi connectivity index (χ4v) is 4.23. The monoisotopic (exact) mass is 263 g/mol. The highest BCUT2D eigenvalue weighted by molar-refractivity contribution is 7.36. The molecule has 18 heavy (non-hydrogen) atoms. The number of carboxylic acid groups (broad SMARTS) is 1. The van der Waals surface area contributed by atoms with Gasteiger partial charge in [0.15, 0.2) is 0 Å². The topological polar surface area (TPSA) is 40.5 Å². The molecule has 2 fully saturated rings. The van der Waals surface area contributed by atoms with E-state index in [4.69, 9.17) is 5.11 Å². The van der Waals surface area contributed by atoms with E-state index in [0.717, 1.165) is 14.4 Å². The molecule has 2 unspecified atom stereocenters. The van der Waals surface area contributed by atoms with Crippen molar-refractivity contribution in [2.24, 2.45) is 0 Å². The van der Waals surface area contributed by atoms with E-state index in [2.05, 4.69) is 10.7 Å². The van der Waals surface area contributed by atoms with Crippen molar-refractivity contribution in [3.8, 4) is 0 Å². The molecule has 1 N–H and O–H groups in total. The number of carbonyl (C=O) groups is 1. The molecule has 1 heterocycles. The zero-order chi connectivity index (χ0) is 12.5. The number of nitrogens with zero attached hydrogens (tertiary/aromatic N) is 1. The molecule has 3 nitrogen and oxygen atoms in total. The van der Waals surface area contributed by atoms with Gasteiger partial charge in [-0.1, -0.05) is 12.1 Å². The van der Waals surface area contributed by atoms with E-state index in [-0.39, 0.29) is 0 Å². The lowest BCUT2D eigenvalue weighted by atomic mass is 10.0. The SMILES string of the molecule is O=C(O)c1cccc(C2CCCN2PC2CC2)c1. The second-order valence-electron chi connectivity index (χ2n) is 5.19. The number of rotatable bonds is 4. The van der Waals surface area contributed by atoms with Crippen LogP contribution in [-0.2, 0) is 0 Å². The Morgan fingerprint density at radius 3 is 2.89 bits per heavy atom. The second-order valence-corrected chi connectivity index (χ2v) is 6.83. The normalized spacial score (nSPS) is 25.0. The Kier molecular flexibility index (Phi) is 3.36. The van der Waals surface area contributed by atoms with Crippen LogP contribution in [-0.4, -0.2) is 27.9 Å². The van der Waals surface area contributed by atoms with Crippen molar-refractivity contribution in [1.29, 1.82) is 0 Å². The first-order chi connectivity index (χ1) is 8.74. The molecule has 2 atom stereocenters. The number of aromatic carboxylic acids is 1. The average Bonchev–Trinajstić information content (AvgIpc) is 3.06. The quantitative estimate of drug-likeness (QED) is 0.847. The van der Waals surface area contributed by atoms with Crippen LogP contribution >= 0.6 is 8.73 Å². The first kappa shape index (κ1) is 12.1. The molecule has 96 valence electrons. The standard InChI is InChI=1S/C14H18NO2P/c16-14(17)11-4-1-3-10(9-11)13-5-2-8-15(13)18-12-6-7-12/h1,3-4,9,12-13,18H,2,5-8H2,(H,16,17). The van der Waals surface area contributed by atoms with Gasteiger partial charge in [0, 0.05) is 12.6 Å². The van der Waals surface area contributed by atoms with Crippen molar-refractivity contribution in [2.45, 2.75) is 37.4 Å². The van der Waals surface area contributed by atoms with Gasteiger partial charge in [-0.05, 0) is 57.8 Å². The second kappa shape index (κ2) is 4.99. The smallest absolute Gasteiger partial charge is 0.335 e. The van der Waals surface area contributed by atoms with Gasteiger partial charge < -0.3 is 5.11 Å². The lowest BCUT2D eigenvalue weighted by Gasteiger charge is -2.24. The zero-order valence-corrected chi connectivity index (χ0v) is 11.3. The lowest BCUT2D eigenvalue weighted by molar-refractivity contribution is 0.0696. The summed E-state index contributed by atoms with van der Waals surface area (Å²) < 4.78 is 2.57. The van der Waals surface area contributed by atoms with E-state index in [0.29, 0.717) is 11.6 Å². The molecular formula is C14H18NO2P. The van der Waals surface area contributed by atoms with Gasteiger partial charge in [0.05, 0.1) is 5.56 Å². The first-order valence-corrected chi connectivity index (χ1v) is 7.62. The Bertz CT molecular complexity index is 459. The summed E-state index contributed by atoms with van der Waals surface area (Å²) in [5.74, 6) is -0.828. The van der Waals surface area contributed by atoms with Crippen LogP contribution in [0.25, 0.3) is 0 Å². The van der Waals surface area contributed by atoms with Gasteiger partial charge in [0.1, 0.15) is 0 Å². The van der Waals surface area contributed by atoms with Crippen molar-refractivity contribution < 1.29 is 9.90 Å². The van der Waals surface area contributed by atoms with Crippen LogP contribution in [0, 0.1) is 0 Å². The summed E-state index contributed by atoms with van der Waals surface area (Å²) in [5, 5.41) is 9.06. The molecule has 1 aromatic carbocycles. The van der Waals surface area contributed by atoms with E-state index in [1.165, 1.54) is 37.8 Å². The van der Waals surface area contributed by atoms with Crippen molar-refractivity contribution >= 4 is 14.7 Å². The predicted octanol–water partition coefficient (Wildman–Crippen LogP) is 3.28. The minimum absolute atomic E-state index is 0.411. The van der Waals surface area contributed by atoms with Gasteiger partial charge in [-0.3, -0.25) is 4.67 Å². The third-order valence-corrected chi connectivity index (χ3v) is 5.51. The maximum absolute atomic E-state index is 11.0. The van der Waals surface area contributed by atoms with Crippen LogP contribution in [0.4, 0.5) is 0 Å². The molecule has 1 saturated heterocycles. The van der Waals surface area contributed by atoms with E-state index in [1.807, 2.05) is 12.1 Å². The summed E-state index contributed by atoms with van der Waals surface area (Å²) in [6, 6.07) is 7.92. The fourth-order valence-electron chi connectivity index (χ4n) is 2.59. The largest absolute Gasteiger partial charge is 0.478 e. The highest BCUT2D eigenvalue weighted by atomic mass is 31.1. The Hall–Kier alpha value is -0.920. The molecule has 0 amide bonds. The van der Waals surface area contributed by atoms with Crippen LogP contribution in [0.3, 0.4) is 0 Å². The minimum Gasteiger partial charge on any atom is -0.478 e. The van der Waals surface area contributed by atoms with Crippen LogP contribution in [0.1, 0.15) is 47.6 Å². The van der Waals surface area contributed by atoms with Crippen molar-refractivity contribution in [3.63, 3.8) is 0 Å². The van der Waals surface area contributed by atoms with Crippen LogP contribution in [0.2, 0.25) is 0 Å². The number of carboxylic acids is 1. The highest BCUT2D eigenvalue weighted by Gasteiger charge is 2.32. The molecule has 1 aromatic rings. The summed E-state index contributed by atoms with van der Waals surface area (Å²) >= 11 is 0. The van der Waals surface area contributed by atoms with Gasteiger partial charge in [0.2, 0.25) is 0 Å². The third kappa shape index (κ3) is 2.57. The van der Waals surface area contributed by atoms with Gasteiger partial charge >= 0.3 is 5.97 Å². The number of hydrogen-bond acceptors (Lipinski definition) is 2. The predicted molar refractivity (Wildman–Crippen MR) is 73.4 cm³/mol. The molecule has 0 spiro atoms. The molecule has 0 aromatic heterocycles. The maximum atomic E-state index is 11.0. The summed E-state index contributed by atoms with van der Waals surface area (Å²) in [6.07, 6.45) is 5.18. The zero-order valence-electron chi connectivity index (χ0n) is 10.3. The van der Waals surface area contributed by atoms with Crippen LogP contribution in [0.5, 0.6) is 0 Å². The number of benzene rings is 1. The van der Waals surface area contributed by atoms with Gasteiger partial charge in [0.25, 0.3) is 0 Å². The first-order valence-electron chi connectivity index (χ1n) is 6.60. The molecular weight excluding hydrogens is 245 g/mol. The van der Waals surface area contributed by atoms with Gasteiger partial charge in [-0.25, -0.2) is 4.79 Å². The average molecular weight is 263 g/mol. The van der Waals surface area contributed by atoms with Gasteiger partial charge in [-0.15, -0.1) is 0 Å². The van der Waals surface area contributed by atoms with Crippen molar-refractivity contribution in [2.75, 3.05) is 6.54 Å². The van der Waals surface area contributed by atoms with E-state index >= 15 is 0 Å². The van der Waals surface area contributed by atoms with Crippen molar-refractivity contribution in [3.05, 3.63) is 35.4 Å². The van der Waals surface area contributed by atoms with Crippen LogP contribution < -0.4 is 0 Å². The molecule has 3 rings (SSSR count). The van der Waals surface area contributed by atoms with Gasteiger partial charge in [-0.2, -0.15) is 0 Å². The Morgan fingerprint density at radius 1 is 1.33 bits per heavy atom. The molecule has 0 radical (unpaired) electrons. The van der Waals surface area contributed by atoms with E-state index in [1.54, 1.807) is 6.07 Å². The third-order valence-electron chi connectivity index (χ3n) is 3.70.